The van der Waals surface area contributed by atoms with Crippen molar-refractivity contribution in [2.45, 2.75) is 20.4 Å². The molecule has 1 N–H and O–H groups in total. The van der Waals surface area contributed by atoms with Crippen molar-refractivity contribution in [3.63, 3.8) is 0 Å². The zero-order valence-corrected chi connectivity index (χ0v) is 14.6. The second-order valence-corrected chi connectivity index (χ2v) is 6.07. The van der Waals surface area contributed by atoms with E-state index >= 15 is 0 Å². The number of nitrogens with one attached hydrogen (secondary N) is 1. The predicted octanol–water partition coefficient (Wildman–Crippen LogP) is 1.49. The van der Waals surface area contributed by atoms with Crippen molar-refractivity contribution in [3.05, 3.63) is 47.3 Å². The number of anilines is 1. The SMILES string of the molecule is Cc1cc(C)n(CC(=O)N/N=C\c2ccc(N3CCOCC3)cc2)n1. The second kappa shape index (κ2) is 7.94. The van der Waals surface area contributed by atoms with Crippen molar-refractivity contribution in [1.82, 2.24) is 15.2 Å². The molecule has 1 aromatic heterocycles. The highest BCUT2D eigenvalue weighted by Gasteiger charge is 2.10. The van der Waals surface area contributed by atoms with E-state index in [0.717, 1.165) is 43.3 Å². The highest BCUT2D eigenvalue weighted by Crippen LogP contribution is 2.15. The smallest absolute Gasteiger partial charge is 0.261 e. The Bertz CT molecular complexity index is 745. The zero-order chi connectivity index (χ0) is 17.6. The number of aryl methyl sites for hydroxylation is 2. The van der Waals surface area contributed by atoms with Gasteiger partial charge in [0.15, 0.2) is 0 Å². The van der Waals surface area contributed by atoms with E-state index in [2.05, 4.69) is 32.7 Å². The largest absolute Gasteiger partial charge is 0.378 e. The van der Waals surface area contributed by atoms with E-state index in [1.807, 2.05) is 32.0 Å². The Hall–Kier alpha value is -2.67. The van der Waals surface area contributed by atoms with Crippen LogP contribution in [0.2, 0.25) is 0 Å². The molecule has 1 aliphatic rings. The lowest BCUT2D eigenvalue weighted by atomic mass is 10.2. The van der Waals surface area contributed by atoms with Crippen LogP contribution in [0.4, 0.5) is 5.69 Å². The molecule has 1 fully saturated rings. The van der Waals surface area contributed by atoms with Crippen LogP contribution in [0.15, 0.2) is 35.4 Å². The molecule has 7 heteroatoms. The van der Waals surface area contributed by atoms with Crippen molar-refractivity contribution in [2.75, 3.05) is 31.2 Å². The number of benzene rings is 1. The van der Waals surface area contributed by atoms with Gasteiger partial charge >= 0.3 is 0 Å². The normalized spacial score (nSPS) is 14.9. The van der Waals surface area contributed by atoms with Crippen molar-refractivity contribution in [2.24, 2.45) is 5.10 Å². The number of carbonyl (C=O) groups excluding carboxylic acids is 1. The summed E-state index contributed by atoms with van der Waals surface area (Å²) in [5.74, 6) is -0.201. The van der Waals surface area contributed by atoms with E-state index in [4.69, 9.17) is 4.74 Å². The highest BCUT2D eigenvalue weighted by atomic mass is 16.5. The van der Waals surface area contributed by atoms with Gasteiger partial charge in [-0.1, -0.05) is 12.1 Å². The van der Waals surface area contributed by atoms with Gasteiger partial charge in [0.1, 0.15) is 6.54 Å². The minimum absolute atomic E-state index is 0.160. The van der Waals surface area contributed by atoms with E-state index in [1.165, 1.54) is 5.69 Å². The highest BCUT2D eigenvalue weighted by molar-refractivity contribution is 5.82. The maximum absolute atomic E-state index is 11.9. The molecule has 1 amide bonds. The number of nitrogens with zero attached hydrogens (tertiary/aromatic N) is 4. The van der Waals surface area contributed by atoms with E-state index in [0.29, 0.717) is 0 Å². The molecule has 1 aromatic carbocycles. The molecular formula is C18H23N5O2. The summed E-state index contributed by atoms with van der Waals surface area (Å²) in [6.07, 6.45) is 1.64. The minimum Gasteiger partial charge on any atom is -0.378 e. The average Bonchev–Trinajstić information content (AvgIpc) is 2.93. The van der Waals surface area contributed by atoms with E-state index < -0.39 is 0 Å². The number of morpholine rings is 1. The Kier molecular flexibility index (Phi) is 5.45. The minimum atomic E-state index is -0.201. The second-order valence-electron chi connectivity index (χ2n) is 6.07. The Labute approximate surface area is 147 Å². The van der Waals surface area contributed by atoms with Crippen LogP contribution in [0.3, 0.4) is 0 Å². The fraction of sp³-hybridized carbons (Fsp3) is 0.389. The van der Waals surface area contributed by atoms with Gasteiger partial charge in [0, 0.05) is 24.5 Å². The molecule has 1 saturated heterocycles. The fourth-order valence-electron chi connectivity index (χ4n) is 2.78. The van der Waals surface area contributed by atoms with Gasteiger partial charge in [-0.15, -0.1) is 0 Å². The van der Waals surface area contributed by atoms with E-state index in [-0.39, 0.29) is 12.5 Å². The van der Waals surface area contributed by atoms with Crippen molar-refractivity contribution in [1.29, 1.82) is 0 Å². The third-order valence-corrected chi connectivity index (χ3v) is 4.07. The van der Waals surface area contributed by atoms with Gasteiger partial charge in [0.25, 0.3) is 5.91 Å². The molecule has 1 aliphatic heterocycles. The Morgan fingerprint density at radius 2 is 2.00 bits per heavy atom. The number of hydrogen-bond acceptors (Lipinski definition) is 5. The first kappa shape index (κ1) is 17.2. The summed E-state index contributed by atoms with van der Waals surface area (Å²) < 4.78 is 7.03. The molecule has 0 spiro atoms. The van der Waals surface area contributed by atoms with Gasteiger partial charge in [-0.2, -0.15) is 10.2 Å². The first-order valence-electron chi connectivity index (χ1n) is 8.37. The molecule has 0 atom stereocenters. The van der Waals surface area contributed by atoms with E-state index in [9.17, 15) is 4.79 Å². The number of rotatable bonds is 5. The molecule has 0 radical (unpaired) electrons. The number of carbonyl (C=O) groups is 1. The monoisotopic (exact) mass is 341 g/mol. The van der Waals surface area contributed by atoms with Crippen LogP contribution in [0.25, 0.3) is 0 Å². The van der Waals surface area contributed by atoms with Gasteiger partial charge in [-0.3, -0.25) is 9.48 Å². The molecule has 2 heterocycles. The van der Waals surface area contributed by atoms with Crippen molar-refractivity contribution in [3.8, 4) is 0 Å². The third kappa shape index (κ3) is 4.67. The Morgan fingerprint density at radius 3 is 2.64 bits per heavy atom. The summed E-state index contributed by atoms with van der Waals surface area (Å²) in [7, 11) is 0. The standard InChI is InChI=1S/C18H23N5O2/c1-14-11-15(2)23(21-14)13-18(24)20-19-12-16-3-5-17(6-4-16)22-7-9-25-10-8-22/h3-6,11-12H,7-10,13H2,1-2H3,(H,20,24)/b19-12-. The average molecular weight is 341 g/mol. The van der Waals surface area contributed by atoms with Crippen LogP contribution >= 0.6 is 0 Å². The topological polar surface area (TPSA) is 71.8 Å². The molecule has 0 saturated carbocycles. The number of hydrogen-bond donors (Lipinski definition) is 1. The number of aromatic nitrogens is 2. The number of amides is 1. The van der Waals surface area contributed by atoms with Gasteiger partial charge in [-0.05, 0) is 37.6 Å². The molecule has 0 bridgehead atoms. The lowest BCUT2D eigenvalue weighted by Gasteiger charge is -2.28. The van der Waals surface area contributed by atoms with Crippen molar-refractivity contribution < 1.29 is 9.53 Å². The summed E-state index contributed by atoms with van der Waals surface area (Å²) in [6, 6.07) is 10.0. The summed E-state index contributed by atoms with van der Waals surface area (Å²) in [6.45, 7) is 7.35. The molecule has 7 nitrogen and oxygen atoms in total. The summed E-state index contributed by atoms with van der Waals surface area (Å²) >= 11 is 0. The summed E-state index contributed by atoms with van der Waals surface area (Å²) in [5.41, 5.74) is 6.50. The molecule has 0 unspecified atom stereocenters. The van der Waals surface area contributed by atoms with Crippen LogP contribution in [0.5, 0.6) is 0 Å². The molecule has 3 rings (SSSR count). The Morgan fingerprint density at radius 1 is 1.28 bits per heavy atom. The summed E-state index contributed by atoms with van der Waals surface area (Å²) in [5, 5.41) is 8.28. The van der Waals surface area contributed by atoms with Gasteiger partial charge in [0.05, 0.1) is 25.1 Å². The molecule has 0 aliphatic carbocycles. The van der Waals surface area contributed by atoms with Crippen molar-refractivity contribution >= 4 is 17.8 Å². The van der Waals surface area contributed by atoms with Crippen LogP contribution in [0.1, 0.15) is 17.0 Å². The summed E-state index contributed by atoms with van der Waals surface area (Å²) in [4.78, 5) is 14.2. The van der Waals surface area contributed by atoms with Crippen LogP contribution < -0.4 is 10.3 Å². The molecule has 2 aromatic rings. The molecule has 25 heavy (non-hydrogen) atoms. The quantitative estimate of drug-likeness (QED) is 0.661. The molecular weight excluding hydrogens is 318 g/mol. The van der Waals surface area contributed by atoms with Gasteiger partial charge < -0.3 is 9.64 Å². The molecule has 132 valence electrons. The van der Waals surface area contributed by atoms with Crippen LogP contribution in [-0.4, -0.2) is 48.2 Å². The lowest BCUT2D eigenvalue weighted by molar-refractivity contribution is -0.121. The maximum Gasteiger partial charge on any atom is 0.261 e. The van der Waals surface area contributed by atoms with Gasteiger partial charge in [0.2, 0.25) is 0 Å². The first-order chi connectivity index (χ1) is 12.1. The van der Waals surface area contributed by atoms with Gasteiger partial charge in [-0.25, -0.2) is 5.43 Å². The maximum atomic E-state index is 11.9. The first-order valence-corrected chi connectivity index (χ1v) is 8.37. The Balaban J connectivity index is 1.51. The predicted molar refractivity (Wildman–Crippen MR) is 96.9 cm³/mol. The van der Waals surface area contributed by atoms with Crippen LogP contribution in [0, 0.1) is 13.8 Å². The van der Waals surface area contributed by atoms with E-state index in [1.54, 1.807) is 10.9 Å². The fourth-order valence-corrected chi connectivity index (χ4v) is 2.78. The zero-order valence-electron chi connectivity index (χ0n) is 14.6. The number of ether oxygens (including phenoxy) is 1. The number of hydrazone groups is 1. The van der Waals surface area contributed by atoms with Crippen LogP contribution in [-0.2, 0) is 16.1 Å². The third-order valence-electron chi connectivity index (χ3n) is 4.07. The lowest BCUT2D eigenvalue weighted by Crippen LogP contribution is -2.36.